The van der Waals surface area contributed by atoms with Crippen molar-refractivity contribution in [3.05, 3.63) is 57.6 Å². The van der Waals surface area contributed by atoms with Gasteiger partial charge in [-0.05, 0) is 24.3 Å². The van der Waals surface area contributed by atoms with E-state index in [2.05, 4.69) is 4.98 Å². The first-order valence-corrected chi connectivity index (χ1v) is 9.73. The van der Waals surface area contributed by atoms with Crippen LogP contribution in [0.3, 0.4) is 0 Å². The SMILES string of the molecule is CN(C)S(=O)(=O)c1ccc2c(c1)oc(=O)n2CCn1c(=O)oc2cccnc21. The van der Waals surface area contributed by atoms with E-state index < -0.39 is 21.5 Å². The Kier molecular flexibility index (Phi) is 4.20. The van der Waals surface area contributed by atoms with Gasteiger partial charge in [-0.15, -0.1) is 0 Å². The molecule has 0 saturated carbocycles. The van der Waals surface area contributed by atoms with Gasteiger partial charge in [0.25, 0.3) is 0 Å². The predicted molar refractivity (Wildman–Crippen MR) is 99.6 cm³/mol. The first kappa shape index (κ1) is 18.2. The monoisotopic (exact) mass is 404 g/mol. The predicted octanol–water partition coefficient (Wildman–Crippen LogP) is 0.848. The van der Waals surface area contributed by atoms with Crippen molar-refractivity contribution in [3.8, 4) is 0 Å². The third-order valence-electron chi connectivity index (χ3n) is 4.39. The minimum Gasteiger partial charge on any atom is -0.408 e. The number of oxazole rings is 2. The smallest absolute Gasteiger partial charge is 0.408 e. The summed E-state index contributed by atoms with van der Waals surface area (Å²) >= 11 is 0. The first-order valence-electron chi connectivity index (χ1n) is 8.29. The van der Waals surface area contributed by atoms with Gasteiger partial charge in [0, 0.05) is 39.4 Å². The lowest BCUT2D eigenvalue weighted by atomic mass is 10.3. The molecule has 28 heavy (non-hydrogen) atoms. The summed E-state index contributed by atoms with van der Waals surface area (Å²) in [5.41, 5.74) is 1.31. The molecule has 11 heteroatoms. The first-order chi connectivity index (χ1) is 13.3. The molecule has 0 N–H and O–H groups in total. The standard InChI is InChI=1S/C17H16N4O6S/c1-19(2)28(24,25)11-5-6-12-14(10-11)27-16(22)20(12)8-9-21-15-13(26-17(21)23)4-3-7-18-15/h3-7,10H,8-9H2,1-2H3. The third kappa shape index (κ3) is 2.84. The summed E-state index contributed by atoms with van der Waals surface area (Å²) in [5.74, 6) is -1.22. The number of aryl methyl sites for hydroxylation is 2. The summed E-state index contributed by atoms with van der Waals surface area (Å²) < 4.78 is 38.6. The van der Waals surface area contributed by atoms with Crippen molar-refractivity contribution in [1.82, 2.24) is 18.4 Å². The summed E-state index contributed by atoms with van der Waals surface area (Å²) in [7, 11) is -0.817. The van der Waals surface area contributed by atoms with E-state index in [1.165, 1.54) is 41.4 Å². The number of pyridine rings is 1. The van der Waals surface area contributed by atoms with Crippen LogP contribution >= 0.6 is 0 Å². The summed E-state index contributed by atoms with van der Waals surface area (Å²) in [6.45, 7) is 0.256. The Morgan fingerprint density at radius 2 is 1.68 bits per heavy atom. The number of hydrogen-bond acceptors (Lipinski definition) is 7. The molecule has 0 amide bonds. The van der Waals surface area contributed by atoms with Crippen molar-refractivity contribution in [2.75, 3.05) is 14.1 Å². The van der Waals surface area contributed by atoms with E-state index in [9.17, 15) is 18.0 Å². The van der Waals surface area contributed by atoms with E-state index in [-0.39, 0.29) is 23.6 Å². The van der Waals surface area contributed by atoms with E-state index in [1.54, 1.807) is 18.3 Å². The van der Waals surface area contributed by atoms with E-state index in [4.69, 9.17) is 8.83 Å². The fourth-order valence-corrected chi connectivity index (χ4v) is 3.84. The molecule has 3 aromatic heterocycles. The van der Waals surface area contributed by atoms with Gasteiger partial charge in [0.05, 0.1) is 10.4 Å². The van der Waals surface area contributed by atoms with Gasteiger partial charge in [0.2, 0.25) is 10.0 Å². The summed E-state index contributed by atoms with van der Waals surface area (Å²) in [6, 6.07) is 7.51. The minimum atomic E-state index is -3.65. The molecule has 0 spiro atoms. The zero-order valence-corrected chi connectivity index (χ0v) is 15.8. The van der Waals surface area contributed by atoms with Gasteiger partial charge >= 0.3 is 11.5 Å². The Hall–Kier alpha value is -3.18. The molecule has 0 bridgehead atoms. The quantitative estimate of drug-likeness (QED) is 0.483. The van der Waals surface area contributed by atoms with Crippen molar-refractivity contribution >= 4 is 32.4 Å². The van der Waals surface area contributed by atoms with Crippen LogP contribution in [0.5, 0.6) is 0 Å². The van der Waals surface area contributed by atoms with Crippen molar-refractivity contribution in [2.24, 2.45) is 0 Å². The molecule has 3 heterocycles. The maximum Gasteiger partial charge on any atom is 0.421 e. The van der Waals surface area contributed by atoms with Crippen LogP contribution in [0.15, 0.2) is 59.8 Å². The highest BCUT2D eigenvalue weighted by Crippen LogP contribution is 2.20. The van der Waals surface area contributed by atoms with E-state index in [1.807, 2.05) is 0 Å². The van der Waals surface area contributed by atoms with E-state index in [0.29, 0.717) is 16.7 Å². The Morgan fingerprint density at radius 1 is 1.00 bits per heavy atom. The lowest BCUT2D eigenvalue weighted by molar-refractivity contribution is 0.458. The molecule has 1 aromatic carbocycles. The maximum absolute atomic E-state index is 12.3. The number of benzene rings is 1. The average Bonchev–Trinajstić information content (AvgIpc) is 3.14. The fraction of sp³-hybridized carbons (Fsp3) is 0.235. The van der Waals surface area contributed by atoms with Crippen LogP contribution in [-0.4, -0.2) is 40.9 Å². The number of nitrogens with zero attached hydrogens (tertiary/aromatic N) is 4. The molecule has 0 fully saturated rings. The van der Waals surface area contributed by atoms with Gasteiger partial charge in [-0.1, -0.05) is 0 Å². The van der Waals surface area contributed by atoms with Crippen LogP contribution in [0, 0.1) is 0 Å². The lowest BCUT2D eigenvalue weighted by Crippen LogP contribution is -2.22. The Labute approximate surface area is 158 Å². The second-order valence-electron chi connectivity index (χ2n) is 6.28. The summed E-state index contributed by atoms with van der Waals surface area (Å²) in [5, 5.41) is 0. The zero-order chi connectivity index (χ0) is 20.1. The van der Waals surface area contributed by atoms with Crippen LogP contribution in [0.2, 0.25) is 0 Å². The molecule has 0 aliphatic carbocycles. The highest BCUT2D eigenvalue weighted by atomic mass is 32.2. The van der Waals surface area contributed by atoms with Gasteiger partial charge in [0.1, 0.15) is 0 Å². The highest BCUT2D eigenvalue weighted by Gasteiger charge is 2.20. The Balaban J connectivity index is 1.72. The normalized spacial score (nSPS) is 12.4. The zero-order valence-electron chi connectivity index (χ0n) is 15.0. The molecule has 0 radical (unpaired) electrons. The molecule has 146 valence electrons. The third-order valence-corrected chi connectivity index (χ3v) is 6.20. The van der Waals surface area contributed by atoms with Crippen molar-refractivity contribution < 1.29 is 17.3 Å². The minimum absolute atomic E-state index is 0.0205. The van der Waals surface area contributed by atoms with Gasteiger partial charge in [-0.2, -0.15) is 0 Å². The molecule has 4 rings (SSSR count). The number of rotatable bonds is 5. The molecule has 0 saturated heterocycles. The molecule has 4 aromatic rings. The van der Waals surface area contributed by atoms with Crippen LogP contribution in [0.4, 0.5) is 0 Å². The van der Waals surface area contributed by atoms with Crippen LogP contribution in [0.1, 0.15) is 0 Å². The number of hydrogen-bond donors (Lipinski definition) is 0. The lowest BCUT2D eigenvalue weighted by Gasteiger charge is -2.10. The van der Waals surface area contributed by atoms with Gasteiger partial charge in [0.15, 0.2) is 16.8 Å². The molecule has 0 atom stereocenters. The molecule has 0 aliphatic rings. The molecular weight excluding hydrogens is 388 g/mol. The average molecular weight is 404 g/mol. The van der Waals surface area contributed by atoms with Gasteiger partial charge in [-0.3, -0.25) is 9.13 Å². The summed E-state index contributed by atoms with van der Waals surface area (Å²) in [4.78, 5) is 28.4. The molecular formula is C17H16N4O6S. The fourth-order valence-electron chi connectivity index (χ4n) is 2.93. The summed E-state index contributed by atoms with van der Waals surface area (Å²) in [6.07, 6.45) is 1.54. The number of sulfonamides is 1. The largest absolute Gasteiger partial charge is 0.421 e. The maximum atomic E-state index is 12.3. The molecule has 0 unspecified atom stereocenters. The van der Waals surface area contributed by atoms with Gasteiger partial charge < -0.3 is 8.83 Å². The topological polar surface area (TPSA) is 121 Å². The van der Waals surface area contributed by atoms with Crippen molar-refractivity contribution in [2.45, 2.75) is 18.0 Å². The highest BCUT2D eigenvalue weighted by molar-refractivity contribution is 7.89. The van der Waals surface area contributed by atoms with Gasteiger partial charge in [-0.25, -0.2) is 27.3 Å². The number of aromatic nitrogens is 3. The number of fused-ring (bicyclic) bond motifs is 2. The molecule has 0 aliphatic heterocycles. The van der Waals surface area contributed by atoms with Crippen LogP contribution in [0.25, 0.3) is 22.3 Å². The second-order valence-corrected chi connectivity index (χ2v) is 8.43. The van der Waals surface area contributed by atoms with Crippen LogP contribution < -0.4 is 11.5 Å². The Morgan fingerprint density at radius 3 is 2.43 bits per heavy atom. The van der Waals surface area contributed by atoms with E-state index in [0.717, 1.165) is 4.31 Å². The van der Waals surface area contributed by atoms with Crippen molar-refractivity contribution in [1.29, 1.82) is 0 Å². The second kappa shape index (κ2) is 6.46. The van der Waals surface area contributed by atoms with E-state index >= 15 is 0 Å². The Bertz CT molecular complexity index is 1410. The van der Waals surface area contributed by atoms with Crippen LogP contribution in [-0.2, 0) is 23.1 Å². The van der Waals surface area contributed by atoms with Crippen molar-refractivity contribution in [3.63, 3.8) is 0 Å². The molecule has 10 nitrogen and oxygen atoms in total.